The first-order chi connectivity index (χ1) is 10.1. The number of nitrogens with one attached hydrogen (secondary N) is 1. The van der Waals surface area contributed by atoms with Crippen LogP contribution in [0.1, 0.15) is 16.8 Å². The van der Waals surface area contributed by atoms with Crippen LogP contribution in [-0.2, 0) is 6.54 Å². The largest absolute Gasteiger partial charge is 0.352 e. The first kappa shape index (κ1) is 14.9. The molecule has 2 aromatic heterocycles. The lowest BCUT2D eigenvalue weighted by molar-refractivity contribution is -0.385. The Balaban J connectivity index is 1.93. The van der Waals surface area contributed by atoms with Gasteiger partial charge in [-0.2, -0.15) is 5.10 Å². The highest BCUT2D eigenvalue weighted by molar-refractivity contribution is 6.29. The standard InChI is InChI=1S/C12H12ClN5O3/c13-11-7-9(10(8-15-11)18(20)21)12(19)14-3-1-5-17-6-2-4-16-17/h2,4,6-8H,1,3,5H2,(H,14,19). The molecule has 0 aliphatic rings. The quantitative estimate of drug-likeness (QED) is 0.378. The molecular weight excluding hydrogens is 298 g/mol. The van der Waals surface area contributed by atoms with Crippen molar-refractivity contribution in [2.75, 3.05) is 6.54 Å². The van der Waals surface area contributed by atoms with Crippen LogP contribution < -0.4 is 5.32 Å². The van der Waals surface area contributed by atoms with E-state index in [1.807, 2.05) is 6.20 Å². The minimum Gasteiger partial charge on any atom is -0.352 e. The third-order valence-corrected chi connectivity index (χ3v) is 2.91. The molecule has 0 saturated carbocycles. The molecule has 9 heteroatoms. The highest BCUT2D eigenvalue weighted by Crippen LogP contribution is 2.20. The number of rotatable bonds is 6. The maximum Gasteiger partial charge on any atom is 0.300 e. The van der Waals surface area contributed by atoms with Crippen molar-refractivity contribution in [3.05, 3.63) is 51.6 Å². The predicted octanol–water partition coefficient (Wildman–Crippen LogP) is 1.66. The van der Waals surface area contributed by atoms with E-state index in [0.717, 1.165) is 6.20 Å². The number of aromatic nitrogens is 3. The summed E-state index contributed by atoms with van der Waals surface area (Å²) in [6, 6.07) is 2.99. The zero-order chi connectivity index (χ0) is 15.2. The molecule has 0 bridgehead atoms. The molecule has 8 nitrogen and oxygen atoms in total. The minimum absolute atomic E-state index is 0.0299. The molecule has 0 atom stereocenters. The molecule has 21 heavy (non-hydrogen) atoms. The Labute approximate surface area is 124 Å². The number of amides is 1. The fraction of sp³-hybridized carbons (Fsp3) is 0.250. The summed E-state index contributed by atoms with van der Waals surface area (Å²) in [5, 5.41) is 17.5. The van der Waals surface area contributed by atoms with Gasteiger partial charge in [-0.1, -0.05) is 11.6 Å². The highest BCUT2D eigenvalue weighted by atomic mass is 35.5. The Morgan fingerprint density at radius 2 is 2.33 bits per heavy atom. The fourth-order valence-electron chi connectivity index (χ4n) is 1.72. The van der Waals surface area contributed by atoms with Crippen molar-refractivity contribution in [3.8, 4) is 0 Å². The average Bonchev–Trinajstić information content (AvgIpc) is 2.96. The second kappa shape index (κ2) is 6.80. The van der Waals surface area contributed by atoms with Crippen molar-refractivity contribution >= 4 is 23.2 Å². The number of carbonyl (C=O) groups is 1. The van der Waals surface area contributed by atoms with Crippen LogP contribution in [0.15, 0.2) is 30.7 Å². The summed E-state index contributed by atoms with van der Waals surface area (Å²) in [5.74, 6) is -0.550. The maximum absolute atomic E-state index is 12.0. The number of pyridine rings is 1. The zero-order valence-corrected chi connectivity index (χ0v) is 11.7. The molecule has 2 heterocycles. The number of nitro groups is 1. The van der Waals surface area contributed by atoms with E-state index in [-0.39, 0.29) is 16.4 Å². The number of hydrogen-bond donors (Lipinski definition) is 1. The van der Waals surface area contributed by atoms with E-state index < -0.39 is 10.8 Å². The third-order valence-electron chi connectivity index (χ3n) is 2.70. The molecule has 0 aliphatic heterocycles. The number of nitrogens with zero attached hydrogens (tertiary/aromatic N) is 4. The van der Waals surface area contributed by atoms with Crippen molar-refractivity contribution < 1.29 is 9.72 Å². The lowest BCUT2D eigenvalue weighted by Crippen LogP contribution is -2.26. The van der Waals surface area contributed by atoms with Crippen LogP contribution in [-0.4, -0.2) is 32.1 Å². The Morgan fingerprint density at radius 1 is 1.52 bits per heavy atom. The van der Waals surface area contributed by atoms with E-state index in [1.54, 1.807) is 16.9 Å². The van der Waals surface area contributed by atoms with Gasteiger partial charge in [-0.3, -0.25) is 19.6 Å². The van der Waals surface area contributed by atoms with E-state index in [2.05, 4.69) is 15.4 Å². The number of aryl methyl sites for hydroxylation is 1. The number of hydrogen-bond acceptors (Lipinski definition) is 5. The molecule has 1 N–H and O–H groups in total. The molecule has 110 valence electrons. The minimum atomic E-state index is -0.665. The van der Waals surface area contributed by atoms with E-state index in [9.17, 15) is 14.9 Å². The van der Waals surface area contributed by atoms with E-state index in [1.165, 1.54) is 6.07 Å². The molecule has 0 spiro atoms. The summed E-state index contributed by atoms with van der Waals surface area (Å²) in [4.78, 5) is 25.8. The molecule has 0 aromatic carbocycles. The Kier molecular flexibility index (Phi) is 4.83. The highest BCUT2D eigenvalue weighted by Gasteiger charge is 2.20. The summed E-state index contributed by atoms with van der Waals surface area (Å²) in [6.07, 6.45) is 5.11. The zero-order valence-electron chi connectivity index (χ0n) is 10.9. The summed E-state index contributed by atoms with van der Waals surface area (Å²) in [5.41, 5.74) is -0.469. The van der Waals surface area contributed by atoms with Crippen LogP contribution >= 0.6 is 11.6 Å². The molecule has 0 unspecified atom stereocenters. The lowest BCUT2D eigenvalue weighted by Gasteiger charge is -2.06. The van der Waals surface area contributed by atoms with Gasteiger partial charge in [-0.25, -0.2) is 4.98 Å². The van der Waals surface area contributed by atoms with Crippen molar-refractivity contribution in [1.29, 1.82) is 0 Å². The lowest BCUT2D eigenvalue weighted by atomic mass is 10.2. The van der Waals surface area contributed by atoms with Crippen molar-refractivity contribution in [2.45, 2.75) is 13.0 Å². The fourth-order valence-corrected chi connectivity index (χ4v) is 1.88. The van der Waals surface area contributed by atoms with Crippen molar-refractivity contribution in [3.63, 3.8) is 0 Å². The third kappa shape index (κ3) is 3.99. The molecule has 1 amide bonds. The van der Waals surface area contributed by atoms with Crippen molar-refractivity contribution in [2.24, 2.45) is 0 Å². The summed E-state index contributed by atoms with van der Waals surface area (Å²) in [6.45, 7) is 1.02. The molecule has 0 aliphatic carbocycles. The maximum atomic E-state index is 12.0. The van der Waals surface area contributed by atoms with Crippen LogP contribution in [0, 0.1) is 10.1 Å². The van der Waals surface area contributed by atoms with Gasteiger partial charge in [0.25, 0.3) is 11.6 Å². The SMILES string of the molecule is O=C(NCCCn1cccn1)c1cc(Cl)ncc1[N+](=O)[O-]. The summed E-state index contributed by atoms with van der Waals surface area (Å²) in [7, 11) is 0. The predicted molar refractivity (Wildman–Crippen MR) is 75.1 cm³/mol. The van der Waals surface area contributed by atoms with Gasteiger partial charge in [0.15, 0.2) is 0 Å². The van der Waals surface area contributed by atoms with Crippen LogP contribution in [0.2, 0.25) is 5.15 Å². The van der Waals surface area contributed by atoms with Crippen molar-refractivity contribution in [1.82, 2.24) is 20.1 Å². The Bertz CT molecular complexity index is 644. The van der Waals surface area contributed by atoms with Gasteiger partial charge in [-0.05, 0) is 18.6 Å². The van der Waals surface area contributed by atoms with Gasteiger partial charge in [0.1, 0.15) is 16.9 Å². The van der Waals surface area contributed by atoms with Gasteiger partial charge in [0.05, 0.1) is 4.92 Å². The second-order valence-corrected chi connectivity index (χ2v) is 4.55. The Morgan fingerprint density at radius 3 is 3.00 bits per heavy atom. The van der Waals surface area contributed by atoms with E-state index in [0.29, 0.717) is 19.5 Å². The normalized spacial score (nSPS) is 10.3. The van der Waals surface area contributed by atoms with Crippen LogP contribution in [0.3, 0.4) is 0 Å². The Hall–Kier alpha value is -2.48. The number of carbonyl (C=O) groups excluding carboxylic acids is 1. The second-order valence-electron chi connectivity index (χ2n) is 4.16. The molecule has 0 fully saturated rings. The van der Waals surface area contributed by atoms with Crippen LogP contribution in [0.4, 0.5) is 5.69 Å². The van der Waals surface area contributed by atoms with E-state index >= 15 is 0 Å². The van der Waals surface area contributed by atoms with Gasteiger partial charge >= 0.3 is 0 Å². The first-order valence-corrected chi connectivity index (χ1v) is 6.51. The van der Waals surface area contributed by atoms with Gasteiger partial charge in [0.2, 0.25) is 0 Å². The van der Waals surface area contributed by atoms with E-state index in [4.69, 9.17) is 11.6 Å². The first-order valence-electron chi connectivity index (χ1n) is 6.13. The van der Waals surface area contributed by atoms with Gasteiger partial charge in [-0.15, -0.1) is 0 Å². The molecule has 2 aromatic rings. The van der Waals surface area contributed by atoms with Crippen LogP contribution in [0.5, 0.6) is 0 Å². The number of halogens is 1. The van der Waals surface area contributed by atoms with Crippen LogP contribution in [0.25, 0.3) is 0 Å². The summed E-state index contributed by atoms with van der Waals surface area (Å²) < 4.78 is 1.73. The molecule has 2 rings (SSSR count). The molecule has 0 saturated heterocycles. The van der Waals surface area contributed by atoms with Gasteiger partial charge < -0.3 is 5.32 Å². The monoisotopic (exact) mass is 309 g/mol. The summed E-state index contributed by atoms with van der Waals surface area (Å²) >= 11 is 5.67. The average molecular weight is 310 g/mol. The topological polar surface area (TPSA) is 103 Å². The molecular formula is C12H12ClN5O3. The molecule has 0 radical (unpaired) electrons. The smallest absolute Gasteiger partial charge is 0.300 e. The van der Waals surface area contributed by atoms with Gasteiger partial charge in [0, 0.05) is 25.5 Å².